The molecule has 2 aliphatic rings. The molecule has 2 aliphatic heterocycles. The van der Waals surface area contributed by atoms with E-state index in [1.807, 2.05) is 25.1 Å². The normalized spacial score (nSPS) is 23.2. The SMILES string of the molecule is CCC(O)CC(O)CCCC(O)CC(O)CC(O)CCC[C@H](C)O.CCC1CC(CCCC(O)CC2CC(CCC[C@H](C)O)OC(c3ccccc3O)O2)OC(c2ccccc2O)O1.O=Cc1ccccc1O. The number of rotatable bonds is 29. The number of phenolic OH excluding ortho intramolecular Hbond substituents is 3. The van der Waals surface area contributed by atoms with Crippen molar-refractivity contribution < 1.29 is 79.9 Å². The molecule has 414 valence electrons. The second-order valence-corrected chi connectivity index (χ2v) is 20.1. The van der Waals surface area contributed by atoms with E-state index in [1.54, 1.807) is 62.4 Å². The highest BCUT2D eigenvalue weighted by atomic mass is 16.7. The fraction of sp³-hybridized carbons (Fsp3) is 0.667. The van der Waals surface area contributed by atoms with Crippen LogP contribution >= 0.6 is 0 Å². The average Bonchev–Trinajstić information content (AvgIpc) is 3.34. The molecule has 5 rings (SSSR count). The summed E-state index contributed by atoms with van der Waals surface area (Å²) >= 11 is 0. The second kappa shape index (κ2) is 35.5. The largest absolute Gasteiger partial charge is 0.507 e. The number of aromatic hydroxyl groups is 3. The summed E-state index contributed by atoms with van der Waals surface area (Å²) in [5, 5.41) is 108. The van der Waals surface area contributed by atoms with E-state index in [1.165, 1.54) is 6.07 Å². The van der Waals surface area contributed by atoms with Gasteiger partial charge >= 0.3 is 0 Å². The second-order valence-electron chi connectivity index (χ2n) is 20.1. The number of carbonyl (C=O) groups excluding carboxylic acids is 1. The van der Waals surface area contributed by atoms with Gasteiger partial charge in [0, 0.05) is 24.0 Å². The number of ether oxygens (including phenoxy) is 4. The number of aliphatic hydroxyl groups is 8. The lowest BCUT2D eigenvalue weighted by atomic mass is 9.96. The fourth-order valence-corrected chi connectivity index (χ4v) is 9.05. The summed E-state index contributed by atoms with van der Waals surface area (Å²) in [6.45, 7) is 7.44. The molecule has 0 spiro atoms. The van der Waals surface area contributed by atoms with Crippen molar-refractivity contribution in [1.82, 2.24) is 0 Å². The van der Waals surface area contributed by atoms with Crippen LogP contribution in [0.4, 0.5) is 0 Å². The Morgan fingerprint density at radius 1 is 0.479 bits per heavy atom. The molecule has 2 fully saturated rings. The van der Waals surface area contributed by atoms with Crippen molar-refractivity contribution in [3.05, 3.63) is 89.5 Å². The minimum atomic E-state index is -0.756. The van der Waals surface area contributed by atoms with Gasteiger partial charge in [0.25, 0.3) is 0 Å². The van der Waals surface area contributed by atoms with E-state index in [2.05, 4.69) is 6.92 Å². The van der Waals surface area contributed by atoms with Gasteiger partial charge in [-0.2, -0.15) is 0 Å². The van der Waals surface area contributed by atoms with Gasteiger partial charge in [0.15, 0.2) is 18.9 Å². The summed E-state index contributed by atoms with van der Waals surface area (Å²) < 4.78 is 24.7. The highest BCUT2D eigenvalue weighted by Crippen LogP contribution is 2.39. The van der Waals surface area contributed by atoms with E-state index < -0.39 is 49.2 Å². The van der Waals surface area contributed by atoms with Gasteiger partial charge in [-0.15, -0.1) is 0 Å². The van der Waals surface area contributed by atoms with Gasteiger partial charge in [-0.25, -0.2) is 0 Å². The molecule has 2 saturated heterocycles. The van der Waals surface area contributed by atoms with Crippen molar-refractivity contribution in [2.45, 2.75) is 242 Å². The summed E-state index contributed by atoms with van der Waals surface area (Å²) in [7, 11) is 0. The van der Waals surface area contributed by atoms with Crippen molar-refractivity contribution in [3.8, 4) is 17.2 Å². The monoisotopic (exact) mass is 1030 g/mol. The molecule has 16 heteroatoms. The number of hydrogen-bond donors (Lipinski definition) is 11. The summed E-state index contributed by atoms with van der Waals surface area (Å²) in [4.78, 5) is 10.1. The zero-order valence-corrected chi connectivity index (χ0v) is 43.7. The maximum atomic E-state index is 10.9. The molecule has 0 aliphatic carbocycles. The highest BCUT2D eigenvalue weighted by Gasteiger charge is 2.34. The van der Waals surface area contributed by atoms with Crippen LogP contribution in [0.2, 0.25) is 0 Å². The number of aliphatic hydroxyl groups excluding tert-OH is 8. The molecular formula is C57H90O16. The van der Waals surface area contributed by atoms with Gasteiger partial charge in [0.2, 0.25) is 0 Å². The van der Waals surface area contributed by atoms with E-state index >= 15 is 0 Å². The maximum Gasteiger partial charge on any atom is 0.188 e. The molecule has 3 aromatic carbocycles. The quantitative estimate of drug-likeness (QED) is 0.0292. The molecule has 0 aromatic heterocycles. The maximum absolute atomic E-state index is 10.9. The molecule has 14 atom stereocenters. The van der Waals surface area contributed by atoms with Gasteiger partial charge in [-0.3, -0.25) is 4.79 Å². The lowest BCUT2D eigenvalue weighted by molar-refractivity contribution is -0.254. The molecular weight excluding hydrogens is 941 g/mol. The van der Waals surface area contributed by atoms with E-state index in [-0.39, 0.29) is 66.7 Å². The van der Waals surface area contributed by atoms with Crippen LogP contribution in [-0.4, -0.2) is 136 Å². The number of hydrogen-bond acceptors (Lipinski definition) is 16. The van der Waals surface area contributed by atoms with Crippen molar-refractivity contribution in [2.24, 2.45) is 0 Å². The topological polar surface area (TPSA) is 277 Å². The van der Waals surface area contributed by atoms with Crippen LogP contribution in [0.5, 0.6) is 17.2 Å². The lowest BCUT2D eigenvalue weighted by Gasteiger charge is -2.37. The molecule has 73 heavy (non-hydrogen) atoms. The standard InChI is InChI=1S/C32H46O8.C18H38O6.C7H6O2/c1-3-23-19-24(38-31(37-23)27-14-4-6-16-29(27)35)13-9-11-22(34)18-26-20-25(12-8-10-21(2)33)39-32(40-26)28-15-5-7-17-30(28)36;1-3-14(20)10-15(21)8-5-9-17(23)12-18(24)11-16(22)7-4-6-13(2)19;8-5-6-3-1-2-4-7(6)9/h4-7,14-17,21-26,31-36H,3,8-13,18-20H2,1-2H3;13-24H,3-12H2,1-2H3;1-5,9H/t21-,22?,23?,24?,25?,26?,31?,32?;13-,14?,15?,16?,17?,18?;/m00./s1. The van der Waals surface area contributed by atoms with Crippen LogP contribution in [0.25, 0.3) is 0 Å². The first-order valence-electron chi connectivity index (χ1n) is 26.8. The van der Waals surface area contributed by atoms with Crippen LogP contribution in [0, 0.1) is 0 Å². The van der Waals surface area contributed by atoms with E-state index in [4.69, 9.17) is 29.2 Å². The molecule has 0 saturated carbocycles. The van der Waals surface area contributed by atoms with E-state index in [0.717, 1.165) is 38.5 Å². The third-order valence-corrected chi connectivity index (χ3v) is 13.3. The average molecular weight is 1030 g/mol. The number of aldehydes is 1. The third-order valence-electron chi connectivity index (χ3n) is 13.3. The summed E-state index contributed by atoms with van der Waals surface area (Å²) in [5.41, 5.74) is 1.56. The number of para-hydroxylation sites is 3. The van der Waals surface area contributed by atoms with Crippen LogP contribution in [0.3, 0.4) is 0 Å². The predicted octanol–water partition coefficient (Wildman–Crippen LogP) is 8.32. The first-order valence-corrected chi connectivity index (χ1v) is 26.8. The summed E-state index contributed by atoms with van der Waals surface area (Å²) in [6.07, 6.45) is 6.92. The molecule has 11 N–H and O–H groups in total. The molecule has 12 unspecified atom stereocenters. The first-order chi connectivity index (χ1) is 34.9. The van der Waals surface area contributed by atoms with E-state index in [0.29, 0.717) is 100 Å². The van der Waals surface area contributed by atoms with Crippen LogP contribution in [-0.2, 0) is 18.9 Å². The van der Waals surface area contributed by atoms with Crippen molar-refractivity contribution in [2.75, 3.05) is 0 Å². The number of phenols is 3. The minimum Gasteiger partial charge on any atom is -0.507 e. The predicted molar refractivity (Wildman–Crippen MR) is 278 cm³/mol. The Hall–Kier alpha value is -3.75. The Morgan fingerprint density at radius 2 is 0.877 bits per heavy atom. The Morgan fingerprint density at radius 3 is 1.33 bits per heavy atom. The highest BCUT2D eigenvalue weighted by molar-refractivity contribution is 5.78. The Bertz CT molecular complexity index is 1900. The molecule has 0 radical (unpaired) electrons. The Kier molecular flexibility index (Phi) is 30.9. The van der Waals surface area contributed by atoms with Gasteiger partial charge in [-0.05, 0) is 154 Å². The van der Waals surface area contributed by atoms with Gasteiger partial charge in [0.05, 0.1) is 78.8 Å². The molecule has 2 heterocycles. The smallest absolute Gasteiger partial charge is 0.188 e. The minimum absolute atomic E-state index is 0.0152. The molecule has 3 aromatic rings. The van der Waals surface area contributed by atoms with Crippen molar-refractivity contribution >= 4 is 6.29 Å². The zero-order chi connectivity index (χ0) is 53.7. The van der Waals surface area contributed by atoms with Gasteiger partial charge in [-0.1, -0.05) is 62.4 Å². The molecule has 0 bridgehead atoms. The summed E-state index contributed by atoms with van der Waals surface area (Å²) in [5.74, 6) is 0.328. The van der Waals surface area contributed by atoms with Crippen molar-refractivity contribution in [1.29, 1.82) is 0 Å². The third kappa shape index (κ3) is 26.0. The first kappa shape index (κ1) is 63.5. The molecule has 0 amide bonds. The van der Waals surface area contributed by atoms with Crippen LogP contribution in [0.1, 0.15) is 190 Å². The Balaban J connectivity index is 0.000000359. The molecule has 16 nitrogen and oxygen atoms in total. The number of benzene rings is 3. The van der Waals surface area contributed by atoms with Gasteiger partial charge in [0.1, 0.15) is 17.2 Å². The lowest BCUT2D eigenvalue weighted by Crippen LogP contribution is -2.36. The fourth-order valence-electron chi connectivity index (χ4n) is 9.05. The van der Waals surface area contributed by atoms with E-state index in [9.17, 15) is 50.8 Å². The number of carbonyl (C=O) groups is 1. The van der Waals surface area contributed by atoms with Crippen LogP contribution < -0.4 is 0 Å². The summed E-state index contributed by atoms with van der Waals surface area (Å²) in [6, 6.07) is 20.5. The zero-order valence-electron chi connectivity index (χ0n) is 43.7. The van der Waals surface area contributed by atoms with Crippen molar-refractivity contribution in [3.63, 3.8) is 0 Å². The Labute approximate surface area is 433 Å². The van der Waals surface area contributed by atoms with Crippen LogP contribution in [0.15, 0.2) is 72.8 Å². The van der Waals surface area contributed by atoms with Gasteiger partial charge < -0.3 is 75.1 Å².